The minimum atomic E-state index is -0.954. The van der Waals surface area contributed by atoms with Crippen LogP contribution < -0.4 is 5.73 Å². The summed E-state index contributed by atoms with van der Waals surface area (Å²) in [5, 5.41) is 0. The lowest BCUT2D eigenvalue weighted by Crippen LogP contribution is -2.36. The first kappa shape index (κ1) is 9.39. The average Bonchev–Trinajstić information content (AvgIpc) is 1.85. The van der Waals surface area contributed by atoms with E-state index in [1.54, 1.807) is 13.8 Å². The Bertz CT molecular complexity index is 114. The molecule has 10 heavy (non-hydrogen) atoms. The van der Waals surface area contributed by atoms with Crippen molar-refractivity contribution in [3.63, 3.8) is 0 Å². The molecule has 0 heterocycles. The average molecular weight is 147 g/mol. The summed E-state index contributed by atoms with van der Waals surface area (Å²) in [4.78, 5) is 10.6. The number of hydrogen-bond donors (Lipinski definition) is 1. The van der Waals surface area contributed by atoms with Gasteiger partial charge in [0.05, 0.1) is 13.2 Å². The first-order chi connectivity index (χ1) is 4.57. The van der Waals surface area contributed by atoms with Gasteiger partial charge in [0.1, 0.15) is 0 Å². The Morgan fingerprint density at radius 2 is 2.00 bits per heavy atom. The molecule has 4 heteroatoms. The van der Waals surface area contributed by atoms with Crippen LogP contribution in [0.5, 0.6) is 0 Å². The van der Waals surface area contributed by atoms with E-state index in [0.717, 1.165) is 0 Å². The van der Waals surface area contributed by atoms with Gasteiger partial charge in [-0.1, -0.05) is 0 Å². The highest BCUT2D eigenvalue weighted by molar-refractivity contribution is 5.73. The Morgan fingerprint density at radius 3 is 2.30 bits per heavy atom. The van der Waals surface area contributed by atoms with Crippen molar-refractivity contribution in [3.8, 4) is 0 Å². The maximum Gasteiger partial charge on any atom is 0.350 e. The third-order valence-electron chi connectivity index (χ3n) is 0.852. The van der Waals surface area contributed by atoms with E-state index in [1.807, 2.05) is 0 Å². The molecular weight excluding hydrogens is 134 g/mol. The molecule has 0 aromatic rings. The van der Waals surface area contributed by atoms with Crippen LogP contribution in [0.15, 0.2) is 0 Å². The van der Waals surface area contributed by atoms with E-state index < -0.39 is 12.2 Å². The van der Waals surface area contributed by atoms with Crippen molar-refractivity contribution in [2.75, 3.05) is 7.11 Å². The lowest BCUT2D eigenvalue weighted by Gasteiger charge is -2.12. The van der Waals surface area contributed by atoms with Crippen molar-refractivity contribution < 1.29 is 14.3 Å². The second kappa shape index (κ2) is 4.24. The molecule has 0 saturated heterocycles. The number of carbonyl (C=O) groups excluding carboxylic acids is 1. The molecule has 0 rings (SSSR count). The Morgan fingerprint density at radius 1 is 1.50 bits per heavy atom. The summed E-state index contributed by atoms with van der Waals surface area (Å²) in [6.45, 7) is 3.59. The summed E-state index contributed by atoms with van der Waals surface area (Å²) < 4.78 is 9.23. The number of methoxy groups -OCH3 is 1. The van der Waals surface area contributed by atoms with Gasteiger partial charge in [-0.25, -0.2) is 4.79 Å². The van der Waals surface area contributed by atoms with E-state index in [0.29, 0.717) is 0 Å². The highest BCUT2D eigenvalue weighted by atomic mass is 16.6. The third-order valence-corrected chi connectivity index (χ3v) is 0.852. The Balaban J connectivity index is 3.61. The molecule has 0 radical (unpaired) electrons. The molecule has 2 N–H and O–H groups in total. The summed E-state index contributed by atoms with van der Waals surface area (Å²) in [5.41, 5.74) is 5.23. The largest absolute Gasteiger partial charge is 0.466 e. The second-order valence-corrected chi connectivity index (χ2v) is 2.13. The fourth-order valence-electron chi connectivity index (χ4n) is 0.465. The first-order valence-corrected chi connectivity index (χ1v) is 3.06. The molecule has 1 unspecified atom stereocenters. The predicted molar refractivity (Wildman–Crippen MR) is 36.2 cm³/mol. The van der Waals surface area contributed by atoms with Crippen molar-refractivity contribution in [1.29, 1.82) is 0 Å². The molecule has 0 spiro atoms. The number of ether oxygens (including phenoxy) is 2. The lowest BCUT2D eigenvalue weighted by atomic mass is 10.4. The Kier molecular flexibility index (Phi) is 3.99. The van der Waals surface area contributed by atoms with E-state index in [1.165, 1.54) is 7.11 Å². The molecule has 0 aliphatic rings. The first-order valence-electron chi connectivity index (χ1n) is 3.06. The van der Waals surface area contributed by atoms with Gasteiger partial charge >= 0.3 is 5.97 Å². The summed E-state index contributed by atoms with van der Waals surface area (Å²) in [6.07, 6.45) is -1.01. The van der Waals surface area contributed by atoms with E-state index in [2.05, 4.69) is 4.74 Å². The molecule has 0 aliphatic carbocycles. The summed E-state index contributed by atoms with van der Waals surface area (Å²) in [7, 11) is 1.27. The molecule has 0 aromatic heterocycles. The zero-order valence-electron chi connectivity index (χ0n) is 6.46. The van der Waals surface area contributed by atoms with Gasteiger partial charge < -0.3 is 9.47 Å². The summed E-state index contributed by atoms with van der Waals surface area (Å²) in [6, 6.07) is 0. The number of rotatable bonds is 3. The zero-order valence-corrected chi connectivity index (χ0v) is 6.46. The van der Waals surface area contributed by atoms with Gasteiger partial charge in [-0.15, -0.1) is 0 Å². The molecule has 0 fully saturated rings. The van der Waals surface area contributed by atoms with Gasteiger partial charge in [0.25, 0.3) is 0 Å². The quantitative estimate of drug-likeness (QED) is 0.446. The molecule has 1 atom stereocenters. The van der Waals surface area contributed by atoms with E-state index in [4.69, 9.17) is 10.5 Å². The smallest absolute Gasteiger partial charge is 0.350 e. The zero-order chi connectivity index (χ0) is 8.15. The van der Waals surface area contributed by atoms with Crippen LogP contribution in [0.25, 0.3) is 0 Å². The SMILES string of the molecule is COC(=O)C(N)OC(C)C. The lowest BCUT2D eigenvalue weighted by molar-refractivity contribution is -0.156. The summed E-state index contributed by atoms with van der Waals surface area (Å²) in [5.74, 6) is -0.547. The fourth-order valence-corrected chi connectivity index (χ4v) is 0.465. The number of carbonyl (C=O) groups is 1. The van der Waals surface area contributed by atoms with Crippen LogP contribution in [-0.2, 0) is 14.3 Å². The van der Waals surface area contributed by atoms with Gasteiger partial charge in [0.15, 0.2) is 0 Å². The minimum absolute atomic E-state index is 0.0610. The van der Waals surface area contributed by atoms with Crippen LogP contribution >= 0.6 is 0 Å². The molecule has 4 nitrogen and oxygen atoms in total. The van der Waals surface area contributed by atoms with Gasteiger partial charge in [0.2, 0.25) is 6.23 Å². The van der Waals surface area contributed by atoms with Crippen LogP contribution in [-0.4, -0.2) is 25.4 Å². The second-order valence-electron chi connectivity index (χ2n) is 2.13. The summed E-state index contributed by atoms with van der Waals surface area (Å²) >= 11 is 0. The Labute approximate surface area is 60.3 Å². The number of esters is 1. The molecule has 0 aliphatic heterocycles. The van der Waals surface area contributed by atoms with Crippen LogP contribution in [0.3, 0.4) is 0 Å². The van der Waals surface area contributed by atoms with Crippen molar-refractivity contribution in [3.05, 3.63) is 0 Å². The van der Waals surface area contributed by atoms with E-state index in [-0.39, 0.29) is 6.10 Å². The standard InChI is InChI=1S/C6H13NO3/c1-4(2)10-5(7)6(8)9-3/h4-5H,7H2,1-3H3. The van der Waals surface area contributed by atoms with Crippen molar-refractivity contribution in [1.82, 2.24) is 0 Å². The van der Waals surface area contributed by atoms with E-state index in [9.17, 15) is 4.79 Å². The fraction of sp³-hybridized carbons (Fsp3) is 0.833. The molecule has 0 saturated carbocycles. The predicted octanol–water partition coefficient (Wildman–Crippen LogP) is -0.131. The Hall–Kier alpha value is -0.610. The maximum absolute atomic E-state index is 10.6. The minimum Gasteiger partial charge on any atom is -0.466 e. The molecule has 0 amide bonds. The monoisotopic (exact) mass is 147 g/mol. The molecule has 60 valence electrons. The topological polar surface area (TPSA) is 61.5 Å². The normalized spacial score (nSPS) is 13.3. The number of hydrogen-bond acceptors (Lipinski definition) is 4. The van der Waals surface area contributed by atoms with E-state index >= 15 is 0 Å². The van der Waals surface area contributed by atoms with Gasteiger partial charge in [-0.3, -0.25) is 5.73 Å². The van der Waals surface area contributed by atoms with Crippen LogP contribution in [0.1, 0.15) is 13.8 Å². The van der Waals surface area contributed by atoms with Gasteiger partial charge in [0, 0.05) is 0 Å². The third kappa shape index (κ3) is 3.42. The number of nitrogens with two attached hydrogens (primary N) is 1. The highest BCUT2D eigenvalue weighted by Crippen LogP contribution is 1.92. The molecular formula is C6H13NO3. The van der Waals surface area contributed by atoms with Gasteiger partial charge in [-0.2, -0.15) is 0 Å². The van der Waals surface area contributed by atoms with Crippen molar-refractivity contribution in [2.45, 2.75) is 26.2 Å². The highest BCUT2D eigenvalue weighted by Gasteiger charge is 2.14. The molecule has 0 aromatic carbocycles. The molecule has 0 bridgehead atoms. The van der Waals surface area contributed by atoms with Crippen molar-refractivity contribution >= 4 is 5.97 Å². The van der Waals surface area contributed by atoms with Crippen LogP contribution in [0.4, 0.5) is 0 Å². The van der Waals surface area contributed by atoms with Crippen LogP contribution in [0, 0.1) is 0 Å². The van der Waals surface area contributed by atoms with Crippen molar-refractivity contribution in [2.24, 2.45) is 5.73 Å². The maximum atomic E-state index is 10.6. The van der Waals surface area contributed by atoms with Crippen LogP contribution in [0.2, 0.25) is 0 Å². The van der Waals surface area contributed by atoms with Gasteiger partial charge in [-0.05, 0) is 13.8 Å².